The van der Waals surface area contributed by atoms with Crippen molar-refractivity contribution in [1.29, 1.82) is 0 Å². The number of nitrogens with one attached hydrogen (secondary N) is 1. The topological polar surface area (TPSA) is 80.6 Å². The van der Waals surface area contributed by atoms with E-state index in [1.54, 1.807) is 18.2 Å². The fourth-order valence-electron chi connectivity index (χ4n) is 3.80. The van der Waals surface area contributed by atoms with Gasteiger partial charge in [-0.1, -0.05) is 12.1 Å². The molecule has 0 spiro atoms. The van der Waals surface area contributed by atoms with Crippen molar-refractivity contribution in [2.45, 2.75) is 38.0 Å². The van der Waals surface area contributed by atoms with Gasteiger partial charge < -0.3 is 15.2 Å². The average Bonchev–Trinajstić information content (AvgIpc) is 3.01. The van der Waals surface area contributed by atoms with Crippen LogP contribution in [0.15, 0.2) is 48.7 Å². The Morgan fingerprint density at radius 3 is 2.39 bits per heavy atom. The lowest BCUT2D eigenvalue weighted by Crippen LogP contribution is -2.32. The molecule has 31 heavy (non-hydrogen) atoms. The van der Waals surface area contributed by atoms with Crippen LogP contribution in [0.2, 0.25) is 0 Å². The van der Waals surface area contributed by atoms with Crippen LogP contribution < -0.4 is 10.1 Å². The molecule has 1 heterocycles. The highest BCUT2D eigenvalue weighted by molar-refractivity contribution is 6.04. The highest BCUT2D eigenvalue weighted by Gasteiger charge is 2.34. The summed E-state index contributed by atoms with van der Waals surface area (Å²) in [7, 11) is 0. The fraction of sp³-hybridized carbons (Fsp3) is 0.273. The summed E-state index contributed by atoms with van der Waals surface area (Å²) in [5.74, 6) is 0.325. The largest absolute Gasteiger partial charge is 0.490 e. The number of halogens is 3. The first-order valence-electron chi connectivity index (χ1n) is 9.61. The van der Waals surface area contributed by atoms with Crippen molar-refractivity contribution in [2.24, 2.45) is 0 Å². The Hall–Kier alpha value is -3.49. The number of benzene rings is 2. The monoisotopic (exact) mass is 432 g/mol. The van der Waals surface area contributed by atoms with Crippen LogP contribution in [0.3, 0.4) is 0 Å². The second kappa shape index (κ2) is 7.64. The van der Waals surface area contributed by atoms with Crippen molar-refractivity contribution in [3.8, 4) is 5.75 Å². The van der Waals surface area contributed by atoms with Gasteiger partial charge in [-0.25, -0.2) is 4.79 Å². The zero-order valence-electron chi connectivity index (χ0n) is 16.4. The normalized spacial score (nSPS) is 18.5. The first kappa shape index (κ1) is 20.8. The Bertz CT molecular complexity index is 1150. The molecule has 0 atom stereocenters. The lowest BCUT2D eigenvalue weighted by molar-refractivity contribution is -0.137. The number of nitrogens with zero attached hydrogens (tertiary/aromatic N) is 1. The number of hydrogen-bond acceptors (Lipinski definition) is 3. The van der Waals surface area contributed by atoms with Crippen molar-refractivity contribution in [2.75, 3.05) is 5.32 Å². The van der Waals surface area contributed by atoms with Gasteiger partial charge in [-0.2, -0.15) is 13.2 Å². The van der Waals surface area contributed by atoms with Crippen LogP contribution in [0.4, 0.5) is 23.7 Å². The molecule has 1 amide bonds. The number of anilines is 1. The number of carboxylic acid groups (broad SMARTS) is 1. The third-order valence-corrected chi connectivity index (χ3v) is 5.40. The van der Waals surface area contributed by atoms with Gasteiger partial charge in [0.25, 0.3) is 0 Å². The van der Waals surface area contributed by atoms with E-state index in [1.165, 1.54) is 25.3 Å². The highest BCUT2D eigenvalue weighted by atomic mass is 19.4. The van der Waals surface area contributed by atoms with Gasteiger partial charge in [0.2, 0.25) is 5.91 Å². The highest BCUT2D eigenvalue weighted by Crippen LogP contribution is 2.41. The molecular formula is C22H19F3N2O4. The van der Waals surface area contributed by atoms with Crippen molar-refractivity contribution in [3.05, 3.63) is 59.8 Å². The van der Waals surface area contributed by atoms with E-state index in [1.807, 2.05) is 0 Å². The second-order valence-electron chi connectivity index (χ2n) is 7.58. The van der Waals surface area contributed by atoms with Crippen LogP contribution in [0.5, 0.6) is 5.75 Å². The molecule has 0 unspecified atom stereocenters. The summed E-state index contributed by atoms with van der Waals surface area (Å²) in [5, 5.41) is 12.5. The third-order valence-electron chi connectivity index (χ3n) is 5.40. The predicted molar refractivity (Wildman–Crippen MR) is 107 cm³/mol. The Balaban J connectivity index is 1.46. The number of aromatic nitrogens is 1. The minimum Gasteiger partial charge on any atom is -0.490 e. The number of ether oxygens (including phenoxy) is 1. The minimum atomic E-state index is -4.35. The molecule has 2 N–H and O–H groups in total. The molecule has 1 saturated carbocycles. The molecular weight excluding hydrogens is 413 g/mol. The zero-order valence-corrected chi connectivity index (χ0v) is 16.4. The molecule has 1 aliphatic rings. The molecule has 0 radical (unpaired) electrons. The lowest BCUT2D eigenvalue weighted by atomic mass is 9.77. The smallest absolute Gasteiger partial charge is 0.416 e. The number of alkyl halides is 3. The molecule has 2 aromatic carbocycles. The van der Waals surface area contributed by atoms with Crippen molar-refractivity contribution in [3.63, 3.8) is 0 Å². The molecule has 1 fully saturated rings. The van der Waals surface area contributed by atoms with Gasteiger partial charge in [0, 0.05) is 18.5 Å². The minimum absolute atomic E-state index is 0.101. The first-order chi connectivity index (χ1) is 14.6. The molecule has 3 aromatic rings. The number of rotatable bonds is 4. The van der Waals surface area contributed by atoms with E-state index in [2.05, 4.69) is 5.32 Å². The summed E-state index contributed by atoms with van der Waals surface area (Å²) >= 11 is 0. The Morgan fingerprint density at radius 1 is 1.13 bits per heavy atom. The van der Waals surface area contributed by atoms with Gasteiger partial charge in [0.05, 0.1) is 22.9 Å². The third kappa shape index (κ3) is 4.21. The maximum absolute atomic E-state index is 12.7. The number of carbonyl (C=O) groups excluding carboxylic acids is 1. The SMILES string of the molecule is CC(=O)Nc1cn(C(=O)O)c2ccc(O[C@H]3C[C@H](c4ccc(C(F)(F)F)cc4)C3)cc12. The molecule has 6 nitrogen and oxygen atoms in total. The van der Waals surface area contributed by atoms with Crippen LogP contribution in [0, 0.1) is 0 Å². The Morgan fingerprint density at radius 2 is 1.81 bits per heavy atom. The van der Waals surface area contributed by atoms with Crippen LogP contribution >= 0.6 is 0 Å². The van der Waals surface area contributed by atoms with Crippen LogP contribution in [-0.4, -0.2) is 27.8 Å². The lowest BCUT2D eigenvalue weighted by Gasteiger charge is -2.35. The quantitative estimate of drug-likeness (QED) is 0.573. The van der Waals surface area contributed by atoms with Gasteiger partial charge in [-0.05, 0) is 54.7 Å². The summed E-state index contributed by atoms with van der Waals surface area (Å²) in [4.78, 5) is 22.9. The van der Waals surface area contributed by atoms with E-state index in [4.69, 9.17) is 4.74 Å². The molecule has 0 saturated heterocycles. The van der Waals surface area contributed by atoms with E-state index < -0.39 is 17.8 Å². The molecule has 162 valence electrons. The van der Waals surface area contributed by atoms with Crippen molar-refractivity contribution >= 4 is 28.6 Å². The summed E-state index contributed by atoms with van der Waals surface area (Å²) in [6, 6.07) is 10.1. The fourth-order valence-corrected chi connectivity index (χ4v) is 3.80. The summed E-state index contributed by atoms with van der Waals surface area (Å²) in [6.07, 6.45) is -2.96. The van der Waals surface area contributed by atoms with E-state index in [0.29, 0.717) is 35.2 Å². The van der Waals surface area contributed by atoms with Crippen molar-refractivity contribution in [1.82, 2.24) is 4.57 Å². The zero-order chi connectivity index (χ0) is 22.3. The number of carbonyl (C=O) groups is 2. The van der Waals surface area contributed by atoms with Gasteiger partial charge in [-0.3, -0.25) is 9.36 Å². The molecule has 9 heteroatoms. The molecule has 1 aromatic heterocycles. The molecule has 0 bridgehead atoms. The van der Waals surface area contributed by atoms with Gasteiger partial charge in [0.1, 0.15) is 5.75 Å². The van der Waals surface area contributed by atoms with E-state index >= 15 is 0 Å². The second-order valence-corrected chi connectivity index (χ2v) is 7.58. The number of hydrogen-bond donors (Lipinski definition) is 2. The van der Waals surface area contributed by atoms with E-state index in [0.717, 1.165) is 22.3 Å². The Kier molecular flexibility index (Phi) is 5.12. The maximum atomic E-state index is 12.7. The van der Waals surface area contributed by atoms with E-state index in [9.17, 15) is 27.9 Å². The van der Waals surface area contributed by atoms with Gasteiger partial charge in [0.15, 0.2) is 0 Å². The summed E-state index contributed by atoms with van der Waals surface area (Å²) in [5.41, 5.74) is 0.959. The molecule has 1 aliphatic carbocycles. The number of fused-ring (bicyclic) bond motifs is 1. The van der Waals surface area contributed by atoms with Crippen molar-refractivity contribution < 1.29 is 32.6 Å². The van der Waals surface area contributed by atoms with Crippen LogP contribution in [0.1, 0.15) is 36.8 Å². The van der Waals surface area contributed by atoms with Gasteiger partial charge in [-0.15, -0.1) is 0 Å². The Labute approximate surface area is 175 Å². The molecule has 0 aliphatic heterocycles. The predicted octanol–water partition coefficient (Wildman–Crippen LogP) is 5.47. The standard InChI is InChI=1S/C22H19F3N2O4/c1-12(28)26-19-11-27(21(29)30)20-7-6-16(10-18(19)20)31-17-8-14(9-17)13-2-4-15(5-3-13)22(23,24)25/h2-7,10-11,14,17H,8-9H2,1H3,(H,26,28)(H,29,30)/t14-,17-. The maximum Gasteiger partial charge on any atom is 0.416 e. The first-order valence-corrected chi connectivity index (χ1v) is 9.61. The number of amides is 1. The summed E-state index contributed by atoms with van der Waals surface area (Å²) in [6.45, 7) is 1.33. The molecule has 4 rings (SSSR count). The summed E-state index contributed by atoms with van der Waals surface area (Å²) < 4.78 is 45.1. The van der Waals surface area contributed by atoms with Crippen LogP contribution in [0.25, 0.3) is 10.9 Å². The van der Waals surface area contributed by atoms with Crippen LogP contribution in [-0.2, 0) is 11.0 Å². The van der Waals surface area contributed by atoms with E-state index in [-0.39, 0.29) is 17.9 Å². The van der Waals surface area contributed by atoms with Gasteiger partial charge >= 0.3 is 12.3 Å². The average molecular weight is 432 g/mol.